The van der Waals surface area contributed by atoms with Gasteiger partial charge in [-0.3, -0.25) is 9.59 Å². The number of hydrogen-bond acceptors (Lipinski definition) is 6. The molecular weight excluding hydrogens is 515 g/mol. The first kappa shape index (κ1) is 23.3. The Balaban J connectivity index is 1.91. The summed E-state index contributed by atoms with van der Waals surface area (Å²) in [7, 11) is 0. The van der Waals surface area contributed by atoms with Crippen molar-refractivity contribution in [1.82, 2.24) is 10.2 Å². The van der Waals surface area contributed by atoms with E-state index in [9.17, 15) is 14.7 Å². The van der Waals surface area contributed by atoms with Gasteiger partial charge in [0, 0.05) is 37.6 Å². The van der Waals surface area contributed by atoms with Gasteiger partial charge in [-0.05, 0) is 46.9 Å². The van der Waals surface area contributed by atoms with Crippen molar-refractivity contribution in [2.24, 2.45) is 0 Å². The predicted molar refractivity (Wildman–Crippen MR) is 121 cm³/mol. The van der Waals surface area contributed by atoms with Crippen LogP contribution in [-0.2, 0) is 16.1 Å². The molecule has 1 heterocycles. The molecule has 0 saturated carbocycles. The maximum atomic E-state index is 12.6. The van der Waals surface area contributed by atoms with Gasteiger partial charge in [-0.25, -0.2) is 0 Å². The van der Waals surface area contributed by atoms with E-state index in [1.165, 1.54) is 24.3 Å². The molecule has 0 bridgehead atoms. The van der Waals surface area contributed by atoms with Gasteiger partial charge < -0.3 is 29.6 Å². The van der Waals surface area contributed by atoms with Gasteiger partial charge in [-0.2, -0.15) is 0 Å². The van der Waals surface area contributed by atoms with E-state index in [2.05, 4.69) is 27.9 Å². The van der Waals surface area contributed by atoms with Gasteiger partial charge in [0.2, 0.25) is 11.8 Å². The van der Waals surface area contributed by atoms with E-state index in [0.717, 1.165) is 9.13 Å². The fourth-order valence-electron chi connectivity index (χ4n) is 3.51. The van der Waals surface area contributed by atoms with Crippen LogP contribution in [0.1, 0.15) is 18.9 Å². The maximum Gasteiger partial charge on any atom is 0.247 e. The van der Waals surface area contributed by atoms with Crippen LogP contribution in [0, 0.1) is 3.57 Å². The van der Waals surface area contributed by atoms with Gasteiger partial charge >= 0.3 is 0 Å². The van der Waals surface area contributed by atoms with Gasteiger partial charge in [0.25, 0.3) is 0 Å². The van der Waals surface area contributed by atoms with E-state index < -0.39 is 18.2 Å². The van der Waals surface area contributed by atoms with Gasteiger partial charge in [-0.15, -0.1) is 0 Å². The summed E-state index contributed by atoms with van der Waals surface area (Å²) in [6, 6.07) is 8.42. The lowest BCUT2D eigenvalue weighted by molar-refractivity contribution is -0.137. The minimum atomic E-state index is -1.05. The second kappa shape index (κ2) is 10.8. The van der Waals surface area contributed by atoms with Crippen molar-refractivity contribution in [3.05, 3.63) is 63.6 Å². The quantitative estimate of drug-likeness (QED) is 0.441. The molecule has 3 atom stereocenters. The third-order valence-corrected chi connectivity index (χ3v) is 5.94. The summed E-state index contributed by atoms with van der Waals surface area (Å²) < 4.78 is 12.0. The summed E-state index contributed by atoms with van der Waals surface area (Å²) in [5.41, 5.74) is 1.16. The molecule has 3 rings (SSSR count). The topological polar surface area (TPSA) is 112 Å². The van der Waals surface area contributed by atoms with Crippen molar-refractivity contribution in [2.45, 2.75) is 38.1 Å². The molecule has 166 valence electrons. The van der Waals surface area contributed by atoms with Crippen molar-refractivity contribution >= 4 is 34.4 Å². The first-order valence-electron chi connectivity index (χ1n) is 9.88. The zero-order valence-corrected chi connectivity index (χ0v) is 19.2. The van der Waals surface area contributed by atoms with Crippen LogP contribution in [0.5, 0.6) is 5.75 Å². The van der Waals surface area contributed by atoms with Crippen molar-refractivity contribution in [1.29, 1.82) is 0 Å². The Morgan fingerprint density at radius 2 is 2.10 bits per heavy atom. The molecule has 1 aliphatic rings. The smallest absolute Gasteiger partial charge is 0.247 e. The fraction of sp³-hybridized carbons (Fsp3) is 0.364. The molecule has 2 aromatic rings. The van der Waals surface area contributed by atoms with Crippen LogP contribution in [0.25, 0.3) is 0 Å². The Hall–Kier alpha value is -2.37. The normalized spacial score (nSPS) is 20.6. The van der Waals surface area contributed by atoms with E-state index in [4.69, 9.17) is 14.3 Å². The molecule has 2 amide bonds. The van der Waals surface area contributed by atoms with Crippen LogP contribution in [0.4, 0.5) is 0 Å². The Bertz CT molecular complexity index is 930. The summed E-state index contributed by atoms with van der Waals surface area (Å²) in [5.74, 6) is -0.0344. The molecule has 0 saturated heterocycles. The maximum absolute atomic E-state index is 12.6. The Morgan fingerprint density at radius 1 is 1.32 bits per heavy atom. The van der Waals surface area contributed by atoms with Gasteiger partial charge in [0.15, 0.2) is 0 Å². The highest BCUT2D eigenvalue weighted by Gasteiger charge is 2.40. The van der Waals surface area contributed by atoms with Crippen LogP contribution in [0.15, 0.2) is 58.9 Å². The Labute approximate surface area is 194 Å². The molecule has 8 nitrogen and oxygen atoms in total. The van der Waals surface area contributed by atoms with E-state index in [0.29, 0.717) is 11.3 Å². The number of hydrogen-bond donors (Lipinski definition) is 3. The number of ether oxygens (including phenoxy) is 1. The van der Waals surface area contributed by atoms with Gasteiger partial charge in [-0.1, -0.05) is 12.1 Å². The number of nitrogens with zero attached hydrogens (tertiary/aromatic N) is 1. The molecule has 1 aromatic carbocycles. The summed E-state index contributed by atoms with van der Waals surface area (Å²) in [6.45, 7) is 1.57. The molecule has 1 aromatic heterocycles. The minimum Gasteiger partial charge on any atom is -0.482 e. The number of aliphatic hydroxyl groups excluding tert-OH is 2. The highest BCUT2D eigenvalue weighted by molar-refractivity contribution is 14.1. The van der Waals surface area contributed by atoms with Crippen molar-refractivity contribution < 1.29 is 29.0 Å². The molecular formula is C22H25IN2O6. The SMILES string of the molecule is CC(=O)N(Cc1ccoc1)[C@@H]1CC(C(=O)NCCO)=C[C@H](Oc2ccccc2I)[C@H]1O. The second-order valence-electron chi connectivity index (χ2n) is 7.22. The average molecular weight is 540 g/mol. The predicted octanol–water partition coefficient (Wildman–Crippen LogP) is 1.85. The monoisotopic (exact) mass is 540 g/mol. The second-order valence-corrected chi connectivity index (χ2v) is 8.39. The van der Waals surface area contributed by atoms with E-state index in [1.807, 2.05) is 18.2 Å². The molecule has 3 N–H and O–H groups in total. The van der Waals surface area contributed by atoms with Gasteiger partial charge in [0.05, 0.1) is 28.7 Å². The molecule has 9 heteroatoms. The molecule has 0 aliphatic heterocycles. The Morgan fingerprint density at radius 3 is 2.74 bits per heavy atom. The van der Waals surface area contributed by atoms with Crippen LogP contribution < -0.4 is 10.1 Å². The first-order valence-corrected chi connectivity index (χ1v) is 11.0. The highest BCUT2D eigenvalue weighted by Crippen LogP contribution is 2.30. The van der Waals surface area contributed by atoms with E-state index in [-0.39, 0.29) is 37.9 Å². The van der Waals surface area contributed by atoms with Crippen LogP contribution >= 0.6 is 22.6 Å². The van der Waals surface area contributed by atoms with Gasteiger partial charge in [0.1, 0.15) is 18.0 Å². The first-order chi connectivity index (χ1) is 14.9. The minimum absolute atomic E-state index is 0.108. The molecule has 31 heavy (non-hydrogen) atoms. The molecule has 0 spiro atoms. The van der Waals surface area contributed by atoms with Crippen LogP contribution in [0.3, 0.4) is 0 Å². The van der Waals surface area contributed by atoms with E-state index in [1.54, 1.807) is 18.2 Å². The number of carbonyl (C=O) groups excluding carboxylic acids is 2. The summed E-state index contributed by atoms with van der Waals surface area (Å²) in [6.07, 6.45) is 2.91. The zero-order chi connectivity index (χ0) is 22.4. The number of aliphatic hydroxyl groups is 2. The number of para-hydroxylation sites is 1. The van der Waals surface area contributed by atoms with Crippen molar-refractivity contribution in [3.63, 3.8) is 0 Å². The summed E-state index contributed by atoms with van der Waals surface area (Å²) in [5, 5.41) is 22.8. The highest BCUT2D eigenvalue weighted by atomic mass is 127. The lowest BCUT2D eigenvalue weighted by Crippen LogP contribution is -2.54. The van der Waals surface area contributed by atoms with Crippen LogP contribution in [-0.4, -0.2) is 58.3 Å². The molecule has 0 unspecified atom stereocenters. The number of rotatable bonds is 8. The van der Waals surface area contributed by atoms with E-state index >= 15 is 0 Å². The molecule has 1 aliphatic carbocycles. The number of carbonyl (C=O) groups is 2. The number of furan rings is 1. The third-order valence-electron chi connectivity index (χ3n) is 5.05. The average Bonchev–Trinajstić information content (AvgIpc) is 3.26. The largest absolute Gasteiger partial charge is 0.482 e. The zero-order valence-electron chi connectivity index (χ0n) is 17.0. The van der Waals surface area contributed by atoms with Crippen LogP contribution in [0.2, 0.25) is 0 Å². The lowest BCUT2D eigenvalue weighted by Gasteiger charge is -2.40. The van der Waals surface area contributed by atoms with Crippen molar-refractivity contribution in [3.8, 4) is 5.75 Å². The Kier molecular flexibility index (Phi) is 8.10. The number of amides is 2. The third kappa shape index (κ3) is 5.86. The fourth-order valence-corrected chi connectivity index (χ4v) is 4.02. The standard InChI is InChI=1S/C22H25IN2O6/c1-14(27)25(12-15-6-9-30-13-15)18-10-16(22(29)24-7-8-26)11-20(21(18)28)31-19-5-3-2-4-17(19)23/h2-6,9,11,13,18,20-21,26,28H,7-8,10,12H2,1H3,(H,24,29)/t18-,20+,21+/m1/s1. The number of nitrogens with one attached hydrogen (secondary N) is 1. The van der Waals surface area contributed by atoms with Crippen molar-refractivity contribution in [2.75, 3.05) is 13.2 Å². The molecule has 0 radical (unpaired) electrons. The lowest BCUT2D eigenvalue weighted by atomic mass is 9.88. The molecule has 0 fully saturated rings. The summed E-state index contributed by atoms with van der Waals surface area (Å²) in [4.78, 5) is 26.6. The number of benzene rings is 1. The summed E-state index contributed by atoms with van der Waals surface area (Å²) >= 11 is 2.13. The number of halogens is 1.